The van der Waals surface area contributed by atoms with Gasteiger partial charge < -0.3 is 14.4 Å². The lowest BCUT2D eigenvalue weighted by Gasteiger charge is -2.32. The van der Waals surface area contributed by atoms with Gasteiger partial charge in [-0.15, -0.1) is 0 Å². The molecule has 0 bridgehead atoms. The van der Waals surface area contributed by atoms with Gasteiger partial charge in [-0.25, -0.2) is 4.99 Å². The summed E-state index contributed by atoms with van der Waals surface area (Å²) in [7, 11) is 2.03. The molecule has 1 atom stereocenters. The van der Waals surface area contributed by atoms with E-state index in [9.17, 15) is 0 Å². The van der Waals surface area contributed by atoms with Crippen molar-refractivity contribution in [3.63, 3.8) is 0 Å². The Labute approximate surface area is 135 Å². The zero-order chi connectivity index (χ0) is 15.8. The number of hydrogen-bond acceptors (Lipinski definition) is 5. The SMILES string of the molecule is Cc1ccc2c(c1)C(NCc1ccc3c(c1)OCO3)N(C)C=N2. The summed E-state index contributed by atoms with van der Waals surface area (Å²) in [5.41, 5.74) is 4.64. The van der Waals surface area contributed by atoms with Gasteiger partial charge >= 0.3 is 0 Å². The van der Waals surface area contributed by atoms with E-state index in [0.29, 0.717) is 6.79 Å². The average Bonchev–Trinajstić information content (AvgIpc) is 3.01. The van der Waals surface area contributed by atoms with Gasteiger partial charge in [-0.1, -0.05) is 23.8 Å². The summed E-state index contributed by atoms with van der Waals surface area (Å²) >= 11 is 0. The topological polar surface area (TPSA) is 46.1 Å². The molecule has 23 heavy (non-hydrogen) atoms. The molecule has 2 aromatic rings. The summed E-state index contributed by atoms with van der Waals surface area (Å²) in [6, 6.07) is 12.4. The minimum Gasteiger partial charge on any atom is -0.454 e. The van der Waals surface area contributed by atoms with E-state index in [0.717, 1.165) is 23.7 Å². The first-order chi connectivity index (χ1) is 11.2. The minimum absolute atomic E-state index is 0.104. The van der Waals surface area contributed by atoms with E-state index >= 15 is 0 Å². The van der Waals surface area contributed by atoms with Gasteiger partial charge in [0.15, 0.2) is 11.5 Å². The molecule has 0 fully saturated rings. The normalized spacial score (nSPS) is 18.2. The van der Waals surface area contributed by atoms with E-state index in [4.69, 9.17) is 9.47 Å². The lowest BCUT2D eigenvalue weighted by atomic mass is 10.0. The highest BCUT2D eigenvalue weighted by Gasteiger charge is 2.22. The predicted molar refractivity (Wildman–Crippen MR) is 89.2 cm³/mol. The maximum Gasteiger partial charge on any atom is 0.231 e. The first-order valence-electron chi connectivity index (χ1n) is 7.69. The van der Waals surface area contributed by atoms with Crippen molar-refractivity contribution in [2.75, 3.05) is 13.8 Å². The molecular formula is C18H19N3O2. The molecule has 2 aliphatic rings. The van der Waals surface area contributed by atoms with Crippen LogP contribution in [-0.2, 0) is 6.54 Å². The van der Waals surface area contributed by atoms with Gasteiger partial charge in [0.25, 0.3) is 0 Å². The van der Waals surface area contributed by atoms with Gasteiger partial charge in [-0.3, -0.25) is 5.32 Å². The second kappa shape index (κ2) is 5.59. The Bertz CT molecular complexity index is 773. The molecule has 118 valence electrons. The van der Waals surface area contributed by atoms with E-state index in [1.54, 1.807) is 0 Å². The molecule has 0 amide bonds. The fraction of sp³-hybridized carbons (Fsp3) is 0.278. The summed E-state index contributed by atoms with van der Waals surface area (Å²) in [6.45, 7) is 3.15. The van der Waals surface area contributed by atoms with Crippen LogP contribution in [0.4, 0.5) is 5.69 Å². The smallest absolute Gasteiger partial charge is 0.231 e. The molecule has 5 nitrogen and oxygen atoms in total. The van der Waals surface area contributed by atoms with Gasteiger partial charge in [0.1, 0.15) is 6.17 Å². The zero-order valence-electron chi connectivity index (χ0n) is 13.2. The fourth-order valence-electron chi connectivity index (χ4n) is 2.97. The van der Waals surface area contributed by atoms with Crippen molar-refractivity contribution < 1.29 is 9.47 Å². The Morgan fingerprint density at radius 1 is 1.17 bits per heavy atom. The molecule has 1 N–H and O–H groups in total. The number of nitrogens with zero attached hydrogens (tertiary/aromatic N) is 2. The molecule has 2 heterocycles. The Balaban J connectivity index is 1.54. The van der Waals surface area contributed by atoms with E-state index in [1.165, 1.54) is 16.7 Å². The van der Waals surface area contributed by atoms with Crippen LogP contribution in [0, 0.1) is 6.92 Å². The first kappa shape index (κ1) is 14.1. The third-order valence-electron chi connectivity index (χ3n) is 4.20. The molecule has 4 rings (SSSR count). The van der Waals surface area contributed by atoms with Crippen LogP contribution in [0.2, 0.25) is 0 Å². The molecular weight excluding hydrogens is 290 g/mol. The van der Waals surface area contributed by atoms with Crippen LogP contribution in [0.5, 0.6) is 11.5 Å². The first-order valence-corrected chi connectivity index (χ1v) is 7.69. The van der Waals surface area contributed by atoms with Crippen molar-refractivity contribution in [1.82, 2.24) is 10.2 Å². The summed E-state index contributed by atoms with van der Waals surface area (Å²) in [5.74, 6) is 1.63. The summed E-state index contributed by atoms with van der Waals surface area (Å²) in [6.07, 6.45) is 1.97. The summed E-state index contributed by atoms with van der Waals surface area (Å²) in [4.78, 5) is 6.58. The number of aliphatic imine (C=N–C) groups is 1. The summed E-state index contributed by atoms with van der Waals surface area (Å²) < 4.78 is 10.8. The molecule has 0 aromatic heterocycles. The number of rotatable bonds is 3. The van der Waals surface area contributed by atoms with Crippen LogP contribution < -0.4 is 14.8 Å². The Morgan fingerprint density at radius 2 is 2.04 bits per heavy atom. The maximum atomic E-state index is 5.44. The van der Waals surface area contributed by atoms with Crippen molar-refractivity contribution >= 4 is 12.0 Å². The molecule has 2 aliphatic heterocycles. The highest BCUT2D eigenvalue weighted by molar-refractivity contribution is 5.68. The van der Waals surface area contributed by atoms with Crippen LogP contribution in [0.25, 0.3) is 0 Å². The Morgan fingerprint density at radius 3 is 2.96 bits per heavy atom. The van der Waals surface area contributed by atoms with E-state index < -0.39 is 0 Å². The molecule has 0 aliphatic carbocycles. The highest BCUT2D eigenvalue weighted by atomic mass is 16.7. The lowest BCUT2D eigenvalue weighted by molar-refractivity contribution is 0.174. The zero-order valence-corrected chi connectivity index (χ0v) is 13.2. The maximum absolute atomic E-state index is 5.44. The number of ether oxygens (including phenoxy) is 2. The van der Waals surface area contributed by atoms with Gasteiger partial charge in [0.05, 0.1) is 12.0 Å². The van der Waals surface area contributed by atoms with Crippen molar-refractivity contribution in [3.8, 4) is 11.5 Å². The summed E-state index contributed by atoms with van der Waals surface area (Å²) in [5, 5.41) is 3.60. The average molecular weight is 309 g/mol. The third-order valence-corrected chi connectivity index (χ3v) is 4.20. The highest BCUT2D eigenvalue weighted by Crippen LogP contribution is 2.34. The van der Waals surface area contributed by atoms with E-state index in [1.807, 2.05) is 25.5 Å². The van der Waals surface area contributed by atoms with E-state index in [-0.39, 0.29) is 6.17 Å². The van der Waals surface area contributed by atoms with Crippen LogP contribution in [0.3, 0.4) is 0 Å². The van der Waals surface area contributed by atoms with Crippen molar-refractivity contribution in [2.24, 2.45) is 4.99 Å². The number of fused-ring (bicyclic) bond motifs is 2. The number of aryl methyl sites for hydroxylation is 1. The fourth-order valence-corrected chi connectivity index (χ4v) is 2.97. The second-order valence-corrected chi connectivity index (χ2v) is 5.94. The quantitative estimate of drug-likeness (QED) is 0.946. The standard InChI is InChI=1S/C18H19N3O2/c1-12-3-5-15-14(7-12)18(21(2)10-20-15)19-9-13-4-6-16-17(8-13)23-11-22-16/h3-8,10,18-19H,9,11H2,1-2H3. The minimum atomic E-state index is 0.104. The van der Waals surface area contributed by atoms with Crippen LogP contribution in [0.15, 0.2) is 41.4 Å². The van der Waals surface area contributed by atoms with Crippen LogP contribution >= 0.6 is 0 Å². The molecule has 0 saturated carbocycles. The molecule has 1 unspecified atom stereocenters. The molecule has 0 spiro atoms. The van der Waals surface area contributed by atoms with Crippen molar-refractivity contribution in [3.05, 3.63) is 53.1 Å². The van der Waals surface area contributed by atoms with Gasteiger partial charge in [-0.05, 0) is 30.7 Å². The van der Waals surface area contributed by atoms with Crippen LogP contribution in [0.1, 0.15) is 22.9 Å². The van der Waals surface area contributed by atoms with E-state index in [2.05, 4.69) is 46.4 Å². The van der Waals surface area contributed by atoms with Gasteiger partial charge in [-0.2, -0.15) is 0 Å². The van der Waals surface area contributed by atoms with Gasteiger partial charge in [0.2, 0.25) is 6.79 Å². The third kappa shape index (κ3) is 2.64. The molecule has 0 radical (unpaired) electrons. The predicted octanol–water partition coefficient (Wildman–Crippen LogP) is 3.12. The Hall–Kier alpha value is -2.53. The lowest BCUT2D eigenvalue weighted by Crippen LogP contribution is -2.36. The van der Waals surface area contributed by atoms with Crippen molar-refractivity contribution in [2.45, 2.75) is 19.6 Å². The van der Waals surface area contributed by atoms with Crippen LogP contribution in [-0.4, -0.2) is 25.1 Å². The molecule has 5 heteroatoms. The van der Waals surface area contributed by atoms with Crippen molar-refractivity contribution in [1.29, 1.82) is 0 Å². The largest absolute Gasteiger partial charge is 0.454 e. The Kier molecular flexibility index (Phi) is 3.42. The molecule has 0 saturated heterocycles. The number of benzene rings is 2. The number of nitrogens with one attached hydrogen (secondary N) is 1. The van der Waals surface area contributed by atoms with Gasteiger partial charge in [0, 0.05) is 19.2 Å². The number of hydrogen-bond donors (Lipinski definition) is 1. The molecule has 2 aromatic carbocycles. The second-order valence-electron chi connectivity index (χ2n) is 5.94. The monoisotopic (exact) mass is 309 g/mol.